The van der Waals surface area contributed by atoms with Crippen molar-refractivity contribution in [2.45, 2.75) is 26.8 Å². The van der Waals surface area contributed by atoms with Crippen LogP contribution >= 0.6 is 0 Å². The van der Waals surface area contributed by atoms with Crippen molar-refractivity contribution in [2.75, 3.05) is 40.3 Å². The van der Waals surface area contributed by atoms with Gasteiger partial charge in [0.2, 0.25) is 11.8 Å². The maximum absolute atomic E-state index is 12.2. The number of amides is 2. The van der Waals surface area contributed by atoms with E-state index in [-0.39, 0.29) is 30.9 Å². The van der Waals surface area contributed by atoms with Gasteiger partial charge in [-0.05, 0) is 33.9 Å². The van der Waals surface area contributed by atoms with Crippen molar-refractivity contribution in [1.82, 2.24) is 15.1 Å². The molecule has 1 aromatic rings. The molecule has 6 nitrogen and oxygen atoms in total. The molecular formula is C18H29N3O3. The summed E-state index contributed by atoms with van der Waals surface area (Å²) in [5.74, 6) is 0.659. The Bertz CT molecular complexity index is 544. The number of hydrogen-bond donors (Lipinski definition) is 1. The molecule has 1 aromatic carbocycles. The molecule has 0 saturated carbocycles. The number of likely N-dealkylation sites (N-methyl/N-ethyl adjacent to an activating group) is 2. The van der Waals surface area contributed by atoms with Crippen molar-refractivity contribution in [2.24, 2.45) is 0 Å². The summed E-state index contributed by atoms with van der Waals surface area (Å²) < 4.78 is 5.32. The molecule has 24 heavy (non-hydrogen) atoms. The van der Waals surface area contributed by atoms with Crippen molar-refractivity contribution in [3.05, 3.63) is 29.8 Å². The molecule has 134 valence electrons. The number of nitrogens with one attached hydrogen (secondary N) is 1. The van der Waals surface area contributed by atoms with Gasteiger partial charge in [-0.3, -0.25) is 14.5 Å². The van der Waals surface area contributed by atoms with E-state index in [1.807, 2.05) is 45.0 Å². The lowest BCUT2D eigenvalue weighted by molar-refractivity contribution is -0.132. The van der Waals surface area contributed by atoms with Crippen molar-refractivity contribution < 1.29 is 14.3 Å². The molecule has 1 rings (SSSR count). The Balaban J connectivity index is 2.54. The van der Waals surface area contributed by atoms with Crippen LogP contribution in [0.5, 0.6) is 5.75 Å². The Morgan fingerprint density at radius 3 is 2.38 bits per heavy atom. The second kappa shape index (κ2) is 9.93. The summed E-state index contributed by atoms with van der Waals surface area (Å²) in [4.78, 5) is 27.8. The third kappa shape index (κ3) is 5.85. The highest BCUT2D eigenvalue weighted by Gasteiger charge is 2.17. The first-order valence-electron chi connectivity index (χ1n) is 8.31. The van der Waals surface area contributed by atoms with E-state index in [0.29, 0.717) is 13.1 Å². The lowest BCUT2D eigenvalue weighted by Gasteiger charge is -2.23. The van der Waals surface area contributed by atoms with E-state index in [1.165, 1.54) is 0 Å². The van der Waals surface area contributed by atoms with Gasteiger partial charge in [0.25, 0.3) is 0 Å². The topological polar surface area (TPSA) is 61.9 Å². The van der Waals surface area contributed by atoms with Crippen LogP contribution < -0.4 is 10.1 Å². The lowest BCUT2D eigenvalue weighted by Crippen LogP contribution is -2.43. The quantitative estimate of drug-likeness (QED) is 0.746. The second-order valence-electron chi connectivity index (χ2n) is 5.77. The smallest absolute Gasteiger partial charge is 0.236 e. The van der Waals surface area contributed by atoms with Crippen LogP contribution in [0, 0.1) is 0 Å². The number of carbonyl (C=O) groups excluding carboxylic acids is 2. The monoisotopic (exact) mass is 335 g/mol. The van der Waals surface area contributed by atoms with Gasteiger partial charge in [0.15, 0.2) is 0 Å². The molecule has 0 aliphatic heterocycles. The number of ether oxygens (including phenoxy) is 1. The minimum atomic E-state index is -0.166. The van der Waals surface area contributed by atoms with Crippen molar-refractivity contribution in [1.29, 1.82) is 0 Å². The van der Waals surface area contributed by atoms with E-state index < -0.39 is 0 Å². The summed E-state index contributed by atoms with van der Waals surface area (Å²) in [6, 6.07) is 7.43. The van der Waals surface area contributed by atoms with Crippen LogP contribution in [0.4, 0.5) is 0 Å². The Kier molecular flexibility index (Phi) is 8.26. The standard InChI is InChI=1S/C18H29N3O3/c1-6-21(7-2)18(23)13-20(4)12-17(22)19-14(3)15-10-8-9-11-16(15)24-5/h8-11,14H,6-7,12-13H2,1-5H3,(H,19,22). The van der Waals surface area contributed by atoms with Crippen LogP contribution in [0.1, 0.15) is 32.4 Å². The third-order valence-electron chi connectivity index (χ3n) is 3.92. The van der Waals surface area contributed by atoms with Gasteiger partial charge >= 0.3 is 0 Å². The van der Waals surface area contributed by atoms with Crippen molar-refractivity contribution in [3.8, 4) is 5.75 Å². The van der Waals surface area contributed by atoms with E-state index in [4.69, 9.17) is 4.74 Å². The molecular weight excluding hydrogens is 306 g/mol. The zero-order valence-corrected chi connectivity index (χ0v) is 15.3. The molecule has 0 fully saturated rings. The summed E-state index contributed by atoms with van der Waals surface area (Å²) in [7, 11) is 3.38. The van der Waals surface area contributed by atoms with Gasteiger partial charge in [0.05, 0.1) is 26.2 Å². The zero-order chi connectivity index (χ0) is 18.1. The van der Waals surface area contributed by atoms with Gasteiger partial charge in [0.1, 0.15) is 5.75 Å². The molecule has 0 aliphatic carbocycles. The first-order chi connectivity index (χ1) is 11.4. The molecule has 1 atom stereocenters. The highest BCUT2D eigenvalue weighted by Crippen LogP contribution is 2.24. The molecule has 0 heterocycles. The fourth-order valence-electron chi connectivity index (χ4n) is 2.60. The second-order valence-corrected chi connectivity index (χ2v) is 5.77. The molecule has 1 N–H and O–H groups in total. The first-order valence-corrected chi connectivity index (χ1v) is 8.31. The third-order valence-corrected chi connectivity index (χ3v) is 3.92. The minimum absolute atomic E-state index is 0.0353. The predicted octanol–water partition coefficient (Wildman–Crippen LogP) is 1.67. The largest absolute Gasteiger partial charge is 0.496 e. The number of para-hydroxylation sites is 1. The number of nitrogens with zero attached hydrogens (tertiary/aromatic N) is 2. The summed E-state index contributed by atoms with van der Waals surface area (Å²) in [5, 5.41) is 2.95. The average Bonchev–Trinajstić information content (AvgIpc) is 2.55. The fourth-order valence-corrected chi connectivity index (χ4v) is 2.60. The normalized spacial score (nSPS) is 11.9. The van der Waals surface area contributed by atoms with Crippen LogP contribution in [0.2, 0.25) is 0 Å². The van der Waals surface area contributed by atoms with E-state index in [9.17, 15) is 9.59 Å². The average molecular weight is 335 g/mol. The number of benzene rings is 1. The van der Waals surface area contributed by atoms with Crippen molar-refractivity contribution in [3.63, 3.8) is 0 Å². The van der Waals surface area contributed by atoms with E-state index >= 15 is 0 Å². The minimum Gasteiger partial charge on any atom is -0.496 e. The van der Waals surface area contributed by atoms with E-state index in [1.54, 1.807) is 24.0 Å². The Morgan fingerprint density at radius 2 is 1.79 bits per heavy atom. The molecule has 2 amide bonds. The van der Waals surface area contributed by atoms with E-state index in [0.717, 1.165) is 11.3 Å². The van der Waals surface area contributed by atoms with Crippen LogP contribution in [0.15, 0.2) is 24.3 Å². The zero-order valence-electron chi connectivity index (χ0n) is 15.3. The van der Waals surface area contributed by atoms with Crippen LogP contribution in [-0.2, 0) is 9.59 Å². The van der Waals surface area contributed by atoms with Crippen molar-refractivity contribution >= 4 is 11.8 Å². The number of methoxy groups -OCH3 is 1. The summed E-state index contributed by atoms with van der Waals surface area (Å²) in [6.45, 7) is 7.58. The first kappa shape index (κ1) is 20.0. The van der Waals surface area contributed by atoms with Gasteiger partial charge in [0, 0.05) is 18.7 Å². The molecule has 0 aliphatic rings. The summed E-state index contributed by atoms with van der Waals surface area (Å²) >= 11 is 0. The lowest BCUT2D eigenvalue weighted by atomic mass is 10.1. The van der Waals surface area contributed by atoms with Gasteiger partial charge in [-0.15, -0.1) is 0 Å². The maximum Gasteiger partial charge on any atom is 0.236 e. The Labute approximate surface area is 144 Å². The van der Waals surface area contributed by atoms with Gasteiger partial charge in [-0.1, -0.05) is 18.2 Å². The highest BCUT2D eigenvalue weighted by molar-refractivity contribution is 5.81. The SMILES string of the molecule is CCN(CC)C(=O)CN(C)CC(=O)NC(C)c1ccccc1OC. The van der Waals surface area contributed by atoms with E-state index in [2.05, 4.69) is 5.32 Å². The fraction of sp³-hybridized carbons (Fsp3) is 0.556. The molecule has 0 aromatic heterocycles. The molecule has 0 saturated heterocycles. The maximum atomic E-state index is 12.2. The van der Waals surface area contributed by atoms with Gasteiger partial charge < -0.3 is 15.0 Å². The molecule has 6 heteroatoms. The molecule has 0 spiro atoms. The van der Waals surface area contributed by atoms with Crippen LogP contribution in [0.25, 0.3) is 0 Å². The Morgan fingerprint density at radius 1 is 1.17 bits per heavy atom. The van der Waals surface area contributed by atoms with Gasteiger partial charge in [-0.2, -0.15) is 0 Å². The predicted molar refractivity (Wildman–Crippen MR) is 95.0 cm³/mol. The number of hydrogen-bond acceptors (Lipinski definition) is 4. The Hall–Kier alpha value is -2.08. The number of carbonyl (C=O) groups is 2. The van der Waals surface area contributed by atoms with Gasteiger partial charge in [-0.25, -0.2) is 0 Å². The highest BCUT2D eigenvalue weighted by atomic mass is 16.5. The summed E-state index contributed by atoms with van der Waals surface area (Å²) in [6.07, 6.45) is 0. The summed E-state index contributed by atoms with van der Waals surface area (Å²) in [5.41, 5.74) is 0.926. The molecule has 0 bridgehead atoms. The van der Waals surface area contributed by atoms with Crippen LogP contribution in [-0.4, -0.2) is 62.0 Å². The molecule has 1 unspecified atom stereocenters. The molecule has 0 radical (unpaired) electrons. The number of rotatable bonds is 9. The van der Waals surface area contributed by atoms with Crippen LogP contribution in [0.3, 0.4) is 0 Å².